The van der Waals surface area contributed by atoms with Crippen LogP contribution in [-0.2, 0) is 11.3 Å². The normalized spacial score (nSPS) is 13.1. The monoisotopic (exact) mass is 267 g/mol. The quantitative estimate of drug-likeness (QED) is 0.845. The minimum absolute atomic E-state index is 0.0638. The van der Waals surface area contributed by atoms with E-state index in [2.05, 4.69) is 10.3 Å². The maximum absolute atomic E-state index is 12.0. The molecule has 0 fully saturated rings. The Morgan fingerprint density at radius 3 is 2.63 bits per heavy atom. The number of aryl methyl sites for hydroxylation is 1. The van der Waals surface area contributed by atoms with E-state index >= 15 is 0 Å². The van der Waals surface area contributed by atoms with E-state index in [1.807, 2.05) is 27.7 Å². The van der Waals surface area contributed by atoms with Gasteiger partial charge in [-0.1, -0.05) is 20.8 Å². The number of rotatable bonds is 5. The highest BCUT2D eigenvalue weighted by atomic mass is 16.4. The number of carboxylic acids is 1. The zero-order valence-corrected chi connectivity index (χ0v) is 11.8. The predicted octanol–water partition coefficient (Wildman–Crippen LogP) is 1.56. The summed E-state index contributed by atoms with van der Waals surface area (Å²) >= 11 is 0. The van der Waals surface area contributed by atoms with Crippen LogP contribution in [0.3, 0.4) is 0 Å². The highest BCUT2D eigenvalue weighted by Gasteiger charge is 2.28. The summed E-state index contributed by atoms with van der Waals surface area (Å²) < 4.78 is 1.52. The Morgan fingerprint density at radius 1 is 1.53 bits per heavy atom. The molecule has 19 heavy (non-hydrogen) atoms. The molecule has 0 aliphatic heterocycles. The fraction of sp³-hybridized carbons (Fsp3) is 0.615. The third kappa shape index (κ3) is 4.08. The van der Waals surface area contributed by atoms with Crippen molar-refractivity contribution < 1.29 is 9.90 Å². The lowest BCUT2D eigenvalue weighted by molar-refractivity contribution is -0.137. The van der Waals surface area contributed by atoms with E-state index in [0.29, 0.717) is 6.54 Å². The Bertz CT molecular complexity index is 503. The first kappa shape index (κ1) is 15.2. The molecular formula is C13H21N3O3. The van der Waals surface area contributed by atoms with Crippen LogP contribution in [0, 0.1) is 5.41 Å². The summed E-state index contributed by atoms with van der Waals surface area (Å²) in [6, 6.07) is -0.363. The van der Waals surface area contributed by atoms with Crippen molar-refractivity contribution in [3.05, 3.63) is 22.7 Å². The summed E-state index contributed by atoms with van der Waals surface area (Å²) in [5, 5.41) is 11.9. The molecule has 0 spiro atoms. The van der Waals surface area contributed by atoms with Crippen molar-refractivity contribution in [2.75, 3.05) is 5.32 Å². The standard InChI is InChI=1S/C13H21N3O3/c1-5-16-7-6-14-11(12(16)19)15-9(8-10(17)18)13(2,3)4/h6-7,9H,5,8H2,1-4H3,(H,14,15)(H,17,18). The number of carbonyl (C=O) groups is 1. The molecule has 0 aliphatic rings. The average molecular weight is 267 g/mol. The first-order valence-electron chi connectivity index (χ1n) is 6.29. The van der Waals surface area contributed by atoms with E-state index in [0.717, 1.165) is 0 Å². The largest absolute Gasteiger partial charge is 0.481 e. The maximum Gasteiger partial charge on any atom is 0.305 e. The molecule has 1 unspecified atom stereocenters. The van der Waals surface area contributed by atoms with Crippen LogP contribution in [0.2, 0.25) is 0 Å². The number of nitrogens with zero attached hydrogens (tertiary/aromatic N) is 2. The molecule has 0 saturated carbocycles. The average Bonchev–Trinajstić information content (AvgIpc) is 2.29. The van der Waals surface area contributed by atoms with Gasteiger partial charge in [-0.25, -0.2) is 4.98 Å². The molecule has 6 nitrogen and oxygen atoms in total. The predicted molar refractivity (Wildman–Crippen MR) is 73.3 cm³/mol. The molecule has 6 heteroatoms. The molecule has 0 bridgehead atoms. The lowest BCUT2D eigenvalue weighted by Gasteiger charge is -2.30. The molecule has 1 aromatic heterocycles. The summed E-state index contributed by atoms with van der Waals surface area (Å²) in [6.07, 6.45) is 3.08. The Labute approximate surface area is 112 Å². The van der Waals surface area contributed by atoms with Crippen molar-refractivity contribution in [1.82, 2.24) is 9.55 Å². The highest BCUT2D eigenvalue weighted by molar-refractivity contribution is 5.68. The maximum atomic E-state index is 12.0. The van der Waals surface area contributed by atoms with Crippen molar-refractivity contribution >= 4 is 11.8 Å². The van der Waals surface area contributed by atoms with Crippen molar-refractivity contribution in [2.24, 2.45) is 5.41 Å². The Hall–Kier alpha value is -1.85. The summed E-state index contributed by atoms with van der Waals surface area (Å²) in [5.41, 5.74) is -0.524. The number of nitrogens with one attached hydrogen (secondary N) is 1. The third-order valence-electron chi connectivity index (χ3n) is 2.99. The van der Waals surface area contributed by atoms with Crippen LogP contribution in [0.15, 0.2) is 17.2 Å². The number of aliphatic carboxylic acids is 1. The van der Waals surface area contributed by atoms with Gasteiger partial charge in [-0.05, 0) is 12.3 Å². The van der Waals surface area contributed by atoms with Gasteiger partial charge in [-0.15, -0.1) is 0 Å². The van der Waals surface area contributed by atoms with Crippen LogP contribution < -0.4 is 10.9 Å². The molecule has 1 aromatic rings. The highest BCUT2D eigenvalue weighted by Crippen LogP contribution is 2.24. The minimum atomic E-state index is -0.904. The number of anilines is 1. The van der Waals surface area contributed by atoms with E-state index < -0.39 is 5.97 Å². The molecule has 0 aromatic carbocycles. The van der Waals surface area contributed by atoms with Crippen LogP contribution in [-0.4, -0.2) is 26.7 Å². The van der Waals surface area contributed by atoms with E-state index in [-0.39, 0.29) is 29.3 Å². The summed E-state index contributed by atoms with van der Waals surface area (Å²) in [5.74, 6) is -0.704. The fourth-order valence-electron chi connectivity index (χ4n) is 1.71. The number of hydrogen-bond acceptors (Lipinski definition) is 4. The van der Waals surface area contributed by atoms with Gasteiger partial charge < -0.3 is 15.0 Å². The van der Waals surface area contributed by atoms with Crippen molar-refractivity contribution in [2.45, 2.75) is 46.7 Å². The second-order valence-corrected chi connectivity index (χ2v) is 5.53. The smallest absolute Gasteiger partial charge is 0.305 e. The van der Waals surface area contributed by atoms with E-state index in [1.54, 1.807) is 6.20 Å². The molecule has 106 valence electrons. The zero-order valence-electron chi connectivity index (χ0n) is 11.8. The zero-order chi connectivity index (χ0) is 14.6. The molecule has 1 atom stereocenters. The van der Waals surface area contributed by atoms with Gasteiger partial charge in [0.05, 0.1) is 6.42 Å². The van der Waals surface area contributed by atoms with Crippen molar-refractivity contribution in [3.63, 3.8) is 0 Å². The van der Waals surface area contributed by atoms with Gasteiger partial charge in [0, 0.05) is 25.0 Å². The van der Waals surface area contributed by atoms with Crippen LogP contribution >= 0.6 is 0 Å². The van der Waals surface area contributed by atoms with Crippen LogP contribution in [0.5, 0.6) is 0 Å². The van der Waals surface area contributed by atoms with E-state index in [9.17, 15) is 9.59 Å². The van der Waals surface area contributed by atoms with Gasteiger partial charge >= 0.3 is 5.97 Å². The van der Waals surface area contributed by atoms with Gasteiger partial charge in [-0.3, -0.25) is 9.59 Å². The number of carboxylic acid groups (broad SMARTS) is 1. The lowest BCUT2D eigenvalue weighted by Crippen LogP contribution is -2.39. The van der Waals surface area contributed by atoms with Crippen molar-refractivity contribution in [1.29, 1.82) is 0 Å². The van der Waals surface area contributed by atoms with E-state index in [4.69, 9.17) is 5.11 Å². The summed E-state index contributed by atoms with van der Waals surface area (Å²) in [7, 11) is 0. The van der Waals surface area contributed by atoms with Crippen molar-refractivity contribution in [3.8, 4) is 0 Å². The lowest BCUT2D eigenvalue weighted by atomic mass is 9.85. The first-order valence-corrected chi connectivity index (χ1v) is 6.29. The first-order chi connectivity index (χ1) is 8.75. The molecule has 0 radical (unpaired) electrons. The van der Waals surface area contributed by atoms with Gasteiger partial charge in [-0.2, -0.15) is 0 Å². The van der Waals surface area contributed by atoms with Crippen LogP contribution in [0.1, 0.15) is 34.1 Å². The Morgan fingerprint density at radius 2 is 2.16 bits per heavy atom. The third-order valence-corrected chi connectivity index (χ3v) is 2.99. The van der Waals surface area contributed by atoms with Gasteiger partial charge in [0.2, 0.25) is 0 Å². The molecule has 1 rings (SSSR count). The van der Waals surface area contributed by atoms with Gasteiger partial charge in [0.1, 0.15) is 0 Å². The minimum Gasteiger partial charge on any atom is -0.481 e. The Balaban J connectivity index is 3.03. The topological polar surface area (TPSA) is 84.2 Å². The molecular weight excluding hydrogens is 246 g/mol. The molecule has 1 heterocycles. The van der Waals surface area contributed by atoms with Gasteiger partial charge in [0.15, 0.2) is 5.82 Å². The Kier molecular flexibility index (Phi) is 4.69. The van der Waals surface area contributed by atoms with Gasteiger partial charge in [0.25, 0.3) is 5.56 Å². The summed E-state index contributed by atoms with van der Waals surface area (Å²) in [6.45, 7) is 8.19. The van der Waals surface area contributed by atoms with E-state index in [1.165, 1.54) is 10.8 Å². The summed E-state index contributed by atoms with van der Waals surface area (Å²) in [4.78, 5) is 27.0. The molecule has 0 saturated heterocycles. The second-order valence-electron chi connectivity index (χ2n) is 5.53. The van der Waals surface area contributed by atoms with Crippen LogP contribution in [0.4, 0.5) is 5.82 Å². The molecule has 0 amide bonds. The number of aromatic nitrogens is 2. The molecule has 2 N–H and O–H groups in total. The SMILES string of the molecule is CCn1ccnc(NC(CC(=O)O)C(C)(C)C)c1=O. The van der Waals surface area contributed by atoms with Crippen LogP contribution in [0.25, 0.3) is 0 Å². The molecule has 0 aliphatic carbocycles. The fourth-order valence-corrected chi connectivity index (χ4v) is 1.71. The number of hydrogen-bond donors (Lipinski definition) is 2. The second kappa shape index (κ2) is 5.86.